The fourth-order valence-corrected chi connectivity index (χ4v) is 4.97. The number of hydrogen-bond acceptors (Lipinski definition) is 5. The molecule has 1 heterocycles. The van der Waals surface area contributed by atoms with Gasteiger partial charge in [-0.25, -0.2) is 13.2 Å². The molecule has 0 radical (unpaired) electrons. The average molecular weight is 417 g/mol. The van der Waals surface area contributed by atoms with E-state index in [1.807, 2.05) is 0 Å². The minimum atomic E-state index is -3.34. The van der Waals surface area contributed by atoms with Crippen LogP contribution in [0.5, 0.6) is 5.75 Å². The first-order valence-corrected chi connectivity index (χ1v) is 11.9. The lowest BCUT2D eigenvalue weighted by molar-refractivity contribution is 0.195. The molecule has 1 amide bonds. The summed E-state index contributed by atoms with van der Waals surface area (Å²) in [7, 11) is -3.34. The van der Waals surface area contributed by atoms with Crippen molar-refractivity contribution in [1.82, 2.24) is 10.3 Å². The second-order valence-corrected chi connectivity index (χ2v) is 9.57. The largest absolute Gasteiger partial charge is 0.412 e. The van der Waals surface area contributed by atoms with Gasteiger partial charge < -0.3 is 10.1 Å². The summed E-state index contributed by atoms with van der Waals surface area (Å²) in [5, 5.41) is 2.85. The number of amides is 1. The Labute approximate surface area is 172 Å². The Hall–Kier alpha value is -2.41. The molecule has 6 nitrogen and oxygen atoms in total. The molecule has 0 bridgehead atoms. The van der Waals surface area contributed by atoms with E-state index < -0.39 is 15.9 Å². The van der Waals surface area contributed by atoms with Crippen LogP contribution < -0.4 is 10.1 Å². The minimum absolute atomic E-state index is 0.0148. The van der Waals surface area contributed by atoms with Gasteiger partial charge in [0.1, 0.15) is 0 Å². The number of benzene rings is 1. The maximum absolute atomic E-state index is 12.4. The summed E-state index contributed by atoms with van der Waals surface area (Å²) in [6.45, 7) is 0.629. The first-order chi connectivity index (χ1) is 14.0. The molecule has 1 aromatic carbocycles. The third kappa shape index (κ3) is 6.56. The van der Waals surface area contributed by atoms with E-state index in [0.717, 1.165) is 12.8 Å². The summed E-state index contributed by atoms with van der Waals surface area (Å²) in [4.78, 5) is 16.8. The van der Waals surface area contributed by atoms with Crippen molar-refractivity contribution < 1.29 is 17.9 Å². The van der Waals surface area contributed by atoms with E-state index in [0.29, 0.717) is 41.6 Å². The van der Waals surface area contributed by atoms with Gasteiger partial charge in [0.2, 0.25) is 0 Å². The van der Waals surface area contributed by atoms with E-state index in [-0.39, 0.29) is 5.75 Å². The highest BCUT2D eigenvalue weighted by molar-refractivity contribution is 7.91. The van der Waals surface area contributed by atoms with E-state index in [1.54, 1.807) is 48.7 Å². The van der Waals surface area contributed by atoms with Crippen LogP contribution in [0.25, 0.3) is 0 Å². The molecule has 0 spiro atoms. The Bertz CT molecular complexity index is 894. The van der Waals surface area contributed by atoms with Gasteiger partial charge in [-0.05, 0) is 55.9 Å². The molecule has 1 aliphatic carbocycles. The first kappa shape index (κ1) is 21.3. The molecule has 0 aliphatic heterocycles. The molecule has 1 fully saturated rings. The zero-order chi connectivity index (χ0) is 20.5. The Morgan fingerprint density at radius 2 is 1.83 bits per heavy atom. The standard InChI is InChI=1S/C22H28N2O4S/c25-22(24-17-18-9-3-1-4-10-18)28-21-14-7-15-23-20(21)13-8-16-29(26,27)19-11-5-2-6-12-19/h2,5-7,11-12,14-15,18H,1,3-4,8-10,13,16-17H2,(H,24,25). The van der Waals surface area contributed by atoms with Crippen LogP contribution >= 0.6 is 0 Å². The smallest absolute Gasteiger partial charge is 0.408 e. The predicted molar refractivity (Wildman–Crippen MR) is 112 cm³/mol. The van der Waals surface area contributed by atoms with Crippen molar-refractivity contribution in [2.24, 2.45) is 5.92 Å². The maximum atomic E-state index is 12.4. The monoisotopic (exact) mass is 416 g/mol. The lowest BCUT2D eigenvalue weighted by Gasteiger charge is -2.21. The quantitative estimate of drug-likeness (QED) is 0.698. The molecule has 1 aromatic heterocycles. The molecule has 0 saturated heterocycles. The number of pyridine rings is 1. The summed E-state index contributed by atoms with van der Waals surface area (Å²) in [6.07, 6.45) is 7.96. The second-order valence-electron chi connectivity index (χ2n) is 7.46. The summed E-state index contributed by atoms with van der Waals surface area (Å²) < 4.78 is 30.3. The number of ether oxygens (including phenoxy) is 1. The average Bonchev–Trinajstić information content (AvgIpc) is 2.75. The van der Waals surface area contributed by atoms with Crippen molar-refractivity contribution in [1.29, 1.82) is 0 Å². The number of nitrogens with zero attached hydrogens (tertiary/aromatic N) is 1. The Balaban J connectivity index is 1.51. The summed E-state index contributed by atoms with van der Waals surface area (Å²) in [5.41, 5.74) is 0.587. The van der Waals surface area contributed by atoms with Gasteiger partial charge in [-0.15, -0.1) is 0 Å². The molecule has 0 unspecified atom stereocenters. The van der Waals surface area contributed by atoms with Crippen LogP contribution in [0.4, 0.5) is 4.79 Å². The van der Waals surface area contributed by atoms with Gasteiger partial charge in [-0.1, -0.05) is 37.5 Å². The predicted octanol–water partition coefficient (Wildman–Crippen LogP) is 4.16. The summed E-state index contributed by atoms with van der Waals surface area (Å²) in [6, 6.07) is 11.8. The van der Waals surface area contributed by atoms with Crippen molar-refractivity contribution in [3.63, 3.8) is 0 Å². The Morgan fingerprint density at radius 1 is 1.07 bits per heavy atom. The van der Waals surface area contributed by atoms with Gasteiger partial charge in [0.05, 0.1) is 16.3 Å². The number of carbonyl (C=O) groups is 1. The van der Waals surface area contributed by atoms with Crippen LogP contribution in [0.3, 0.4) is 0 Å². The van der Waals surface area contributed by atoms with E-state index in [9.17, 15) is 13.2 Å². The first-order valence-electron chi connectivity index (χ1n) is 10.2. The second kappa shape index (κ2) is 10.4. The van der Waals surface area contributed by atoms with E-state index >= 15 is 0 Å². The highest BCUT2D eigenvalue weighted by atomic mass is 32.2. The van der Waals surface area contributed by atoms with Crippen molar-refractivity contribution in [3.05, 3.63) is 54.4 Å². The molecule has 29 heavy (non-hydrogen) atoms. The molecule has 2 aromatic rings. The molecule has 1 saturated carbocycles. The van der Waals surface area contributed by atoms with Crippen LogP contribution in [-0.4, -0.2) is 31.8 Å². The van der Waals surface area contributed by atoms with Crippen LogP contribution in [0.1, 0.15) is 44.2 Å². The normalized spacial score (nSPS) is 15.0. The highest BCUT2D eigenvalue weighted by Crippen LogP contribution is 2.23. The van der Waals surface area contributed by atoms with Gasteiger partial charge in [0.15, 0.2) is 15.6 Å². The SMILES string of the molecule is O=C(NCC1CCCCC1)Oc1cccnc1CCCS(=O)(=O)c1ccccc1. The number of nitrogens with one attached hydrogen (secondary N) is 1. The number of hydrogen-bond donors (Lipinski definition) is 1. The number of aryl methyl sites for hydroxylation is 1. The molecule has 0 atom stereocenters. The van der Waals surface area contributed by atoms with Gasteiger partial charge in [0.25, 0.3) is 0 Å². The highest BCUT2D eigenvalue weighted by Gasteiger charge is 2.17. The fraction of sp³-hybridized carbons (Fsp3) is 0.455. The molecule has 1 N–H and O–H groups in total. The van der Waals surface area contributed by atoms with Gasteiger partial charge in [-0.2, -0.15) is 0 Å². The van der Waals surface area contributed by atoms with Crippen LogP contribution in [-0.2, 0) is 16.3 Å². The number of carbonyl (C=O) groups excluding carboxylic acids is 1. The molecule has 7 heteroatoms. The lowest BCUT2D eigenvalue weighted by atomic mass is 9.89. The number of sulfone groups is 1. The third-order valence-corrected chi connectivity index (χ3v) is 7.06. The van der Waals surface area contributed by atoms with Crippen molar-refractivity contribution in [3.8, 4) is 5.75 Å². The topological polar surface area (TPSA) is 85.4 Å². The molecule has 3 rings (SSSR count). The van der Waals surface area contributed by atoms with E-state index in [1.165, 1.54) is 19.3 Å². The number of rotatable bonds is 8. The van der Waals surface area contributed by atoms with Crippen molar-refractivity contribution in [2.75, 3.05) is 12.3 Å². The van der Waals surface area contributed by atoms with Gasteiger partial charge >= 0.3 is 6.09 Å². The fourth-order valence-electron chi connectivity index (χ4n) is 3.63. The zero-order valence-corrected chi connectivity index (χ0v) is 17.4. The van der Waals surface area contributed by atoms with E-state index in [2.05, 4.69) is 10.3 Å². The molecule has 156 valence electrons. The van der Waals surface area contributed by atoms with Crippen molar-refractivity contribution in [2.45, 2.75) is 49.8 Å². The minimum Gasteiger partial charge on any atom is -0.408 e. The molecular weight excluding hydrogens is 388 g/mol. The zero-order valence-electron chi connectivity index (χ0n) is 16.5. The Morgan fingerprint density at radius 3 is 2.59 bits per heavy atom. The number of aromatic nitrogens is 1. The maximum Gasteiger partial charge on any atom is 0.412 e. The molecular formula is C22H28N2O4S. The van der Waals surface area contributed by atoms with E-state index in [4.69, 9.17) is 4.74 Å². The van der Waals surface area contributed by atoms with Crippen molar-refractivity contribution >= 4 is 15.9 Å². The van der Waals surface area contributed by atoms with Gasteiger partial charge in [0, 0.05) is 12.7 Å². The Kier molecular flexibility index (Phi) is 7.63. The lowest BCUT2D eigenvalue weighted by Crippen LogP contribution is -2.32. The summed E-state index contributed by atoms with van der Waals surface area (Å²) >= 11 is 0. The van der Waals surface area contributed by atoms with Crippen LogP contribution in [0.15, 0.2) is 53.6 Å². The molecule has 1 aliphatic rings. The summed E-state index contributed by atoms with van der Waals surface area (Å²) in [5.74, 6) is 0.916. The van der Waals surface area contributed by atoms with Gasteiger partial charge in [-0.3, -0.25) is 4.98 Å². The van der Waals surface area contributed by atoms with Crippen LogP contribution in [0.2, 0.25) is 0 Å². The third-order valence-electron chi connectivity index (χ3n) is 5.24. The van der Waals surface area contributed by atoms with Crippen LogP contribution in [0, 0.1) is 5.92 Å².